The number of aliphatic hydroxyl groups is 1. The molecule has 0 saturated carbocycles. The number of phosphoric ester groups is 1. The van der Waals surface area contributed by atoms with Crippen LogP contribution in [0.2, 0.25) is 0 Å². The number of rotatable bonds is 4. The molecule has 1 saturated heterocycles. The second-order valence-corrected chi connectivity index (χ2v) is 5.71. The number of aliphatic hydroxyl groups excluding tert-OH is 1. The summed E-state index contributed by atoms with van der Waals surface area (Å²) >= 11 is 0. The largest absolute Gasteiger partial charge is 0.469 e. The molecular weight excluding hydrogens is 331 g/mol. The summed E-state index contributed by atoms with van der Waals surface area (Å²) in [6, 6.07) is 1.08. The highest BCUT2D eigenvalue weighted by Crippen LogP contribution is 2.44. The lowest BCUT2D eigenvalue weighted by Crippen LogP contribution is -2.41. The van der Waals surface area contributed by atoms with Gasteiger partial charge >= 0.3 is 19.4 Å². The number of nitrogens with zero attached hydrogens (tertiary/aromatic N) is 2. The van der Waals surface area contributed by atoms with Gasteiger partial charge in [-0.05, 0) is 6.07 Å². The first-order valence-corrected chi connectivity index (χ1v) is 7.31. The minimum Gasteiger partial charge on any atom is -0.384 e. The first kappa shape index (κ1) is 16.9. The van der Waals surface area contributed by atoms with Crippen molar-refractivity contribution < 1.29 is 37.5 Å². The van der Waals surface area contributed by atoms with E-state index in [-0.39, 0.29) is 5.82 Å². The molecule has 1 fully saturated rings. The number of nitrogens with two attached hydrogens (primary N) is 1. The molecule has 13 heteroatoms. The third-order valence-electron chi connectivity index (χ3n) is 2.89. The Kier molecular flexibility index (Phi) is 4.35. The Morgan fingerprint density at radius 2 is 2.18 bits per heavy atom. The van der Waals surface area contributed by atoms with E-state index in [0.29, 0.717) is 4.57 Å². The molecule has 0 bridgehead atoms. The highest BCUT2D eigenvalue weighted by molar-refractivity contribution is 7.46. The van der Waals surface area contributed by atoms with Gasteiger partial charge in [0.05, 0.1) is 6.61 Å². The summed E-state index contributed by atoms with van der Waals surface area (Å²) in [5, 5.41) is 9.52. The Morgan fingerprint density at radius 1 is 1.55 bits per heavy atom. The molecule has 1 aliphatic rings. The molecule has 0 radical (unpaired) electrons. The van der Waals surface area contributed by atoms with Crippen molar-refractivity contribution in [2.24, 2.45) is 0 Å². The van der Waals surface area contributed by atoms with Gasteiger partial charge in [0.15, 0.2) is 6.10 Å². The second-order valence-electron chi connectivity index (χ2n) is 4.47. The number of halogens is 2. The van der Waals surface area contributed by atoms with E-state index in [0.717, 1.165) is 12.3 Å². The molecule has 124 valence electrons. The van der Waals surface area contributed by atoms with E-state index in [1.807, 2.05) is 0 Å². The highest BCUT2D eigenvalue weighted by atomic mass is 31.2. The van der Waals surface area contributed by atoms with Gasteiger partial charge in [0.1, 0.15) is 11.9 Å². The predicted molar refractivity (Wildman–Crippen MR) is 65.8 cm³/mol. The maximum absolute atomic E-state index is 14.0. The van der Waals surface area contributed by atoms with Crippen molar-refractivity contribution in [2.75, 3.05) is 12.3 Å². The first-order valence-electron chi connectivity index (χ1n) is 5.78. The number of hydrogen-bond donors (Lipinski definition) is 4. The molecule has 2 heterocycles. The maximum Gasteiger partial charge on any atom is 0.469 e. The Morgan fingerprint density at radius 3 is 2.73 bits per heavy atom. The van der Waals surface area contributed by atoms with Crippen LogP contribution in [0.3, 0.4) is 0 Å². The van der Waals surface area contributed by atoms with E-state index >= 15 is 0 Å². The zero-order valence-corrected chi connectivity index (χ0v) is 11.6. The van der Waals surface area contributed by atoms with Crippen molar-refractivity contribution in [2.45, 2.75) is 24.4 Å². The zero-order valence-electron chi connectivity index (χ0n) is 10.7. The minimum atomic E-state index is -4.93. The fourth-order valence-electron chi connectivity index (χ4n) is 1.88. The maximum atomic E-state index is 14.0. The predicted octanol–water partition coefficient (Wildman–Crippen LogP) is -1.17. The smallest absolute Gasteiger partial charge is 0.384 e. The van der Waals surface area contributed by atoms with Crippen molar-refractivity contribution in [3.8, 4) is 0 Å². The summed E-state index contributed by atoms with van der Waals surface area (Å²) in [5.74, 6) is -4.10. The molecular formula is C9H12F2N3O7P. The number of alkyl halides is 2. The number of anilines is 1. The van der Waals surface area contributed by atoms with Crippen molar-refractivity contribution >= 4 is 13.6 Å². The van der Waals surface area contributed by atoms with Gasteiger partial charge in [-0.15, -0.1) is 0 Å². The topological polar surface area (TPSA) is 157 Å². The third-order valence-corrected chi connectivity index (χ3v) is 3.38. The summed E-state index contributed by atoms with van der Waals surface area (Å²) < 4.78 is 47.8. The summed E-state index contributed by atoms with van der Waals surface area (Å²) in [4.78, 5) is 31.9. The van der Waals surface area contributed by atoms with Crippen LogP contribution in [0.5, 0.6) is 0 Å². The molecule has 0 aliphatic carbocycles. The van der Waals surface area contributed by atoms with Gasteiger partial charge < -0.3 is 25.4 Å². The Hall–Kier alpha value is -1.43. The number of nitrogen functional groups attached to an aromatic ring is 1. The molecule has 5 N–H and O–H groups in total. The van der Waals surface area contributed by atoms with E-state index in [1.165, 1.54) is 0 Å². The summed E-state index contributed by atoms with van der Waals surface area (Å²) in [6.45, 7) is -0.991. The molecule has 2 unspecified atom stereocenters. The molecule has 0 spiro atoms. The van der Waals surface area contributed by atoms with E-state index in [9.17, 15) is 23.2 Å². The highest BCUT2D eigenvalue weighted by Gasteiger charge is 2.60. The molecule has 1 aliphatic heterocycles. The lowest BCUT2D eigenvalue weighted by Gasteiger charge is -2.20. The first-order chi connectivity index (χ1) is 10.0. The van der Waals surface area contributed by atoms with Gasteiger partial charge in [0.25, 0.3) is 0 Å². The van der Waals surface area contributed by atoms with Crippen LogP contribution in [0.1, 0.15) is 6.23 Å². The SMILES string of the molecule is Nc1ccn(C2OC(COP(=O)(O)O)[C@@H](O)C2(F)F)c(=O)n1. The number of hydrogen-bond acceptors (Lipinski definition) is 7. The van der Waals surface area contributed by atoms with Gasteiger partial charge in [-0.3, -0.25) is 9.09 Å². The average molecular weight is 343 g/mol. The van der Waals surface area contributed by atoms with E-state index in [1.54, 1.807) is 0 Å². The lowest BCUT2D eigenvalue weighted by molar-refractivity contribution is -0.140. The van der Waals surface area contributed by atoms with Crippen LogP contribution < -0.4 is 11.4 Å². The normalized spacial score (nSPS) is 28.0. The van der Waals surface area contributed by atoms with Crippen LogP contribution in [0.15, 0.2) is 17.1 Å². The molecule has 10 nitrogen and oxygen atoms in total. The molecule has 3 atom stereocenters. The Bertz CT molecular complexity index is 663. The Balaban J connectivity index is 2.26. The van der Waals surface area contributed by atoms with Crippen LogP contribution in [0, 0.1) is 0 Å². The van der Waals surface area contributed by atoms with Gasteiger partial charge in [-0.25, -0.2) is 9.36 Å². The quantitative estimate of drug-likeness (QED) is 0.494. The van der Waals surface area contributed by atoms with E-state index < -0.39 is 44.5 Å². The van der Waals surface area contributed by atoms with Gasteiger partial charge in [-0.2, -0.15) is 13.8 Å². The zero-order chi connectivity index (χ0) is 16.7. The van der Waals surface area contributed by atoms with Gasteiger partial charge in [0.2, 0.25) is 6.23 Å². The number of aromatic nitrogens is 2. The van der Waals surface area contributed by atoms with Crippen LogP contribution in [0.4, 0.5) is 14.6 Å². The monoisotopic (exact) mass is 343 g/mol. The summed E-state index contributed by atoms with van der Waals surface area (Å²) in [5.41, 5.74) is 4.10. The molecule has 22 heavy (non-hydrogen) atoms. The average Bonchev–Trinajstić information content (AvgIpc) is 2.59. The Labute approximate surface area is 121 Å². The third kappa shape index (κ3) is 3.32. The van der Waals surface area contributed by atoms with Crippen LogP contribution in [-0.4, -0.2) is 49.2 Å². The van der Waals surface area contributed by atoms with Gasteiger partial charge in [0, 0.05) is 6.20 Å². The minimum absolute atomic E-state index is 0.190. The molecule has 1 aromatic heterocycles. The standard InChI is InChI=1S/C9H12F2N3O7P/c10-9(11)6(15)4(3-20-22(17,18)19)21-7(9)14-2-1-5(12)13-8(14)16/h1-2,4,6-7,15H,3H2,(H2,12,13,16)(H2,17,18,19)/t4?,6-,7?/m1/s1. The molecule has 2 rings (SSSR count). The van der Waals surface area contributed by atoms with E-state index in [2.05, 4.69) is 9.51 Å². The summed E-state index contributed by atoms with van der Waals surface area (Å²) in [6.07, 6.45) is -5.50. The van der Waals surface area contributed by atoms with Crippen molar-refractivity contribution in [1.82, 2.24) is 9.55 Å². The number of ether oxygens (including phenoxy) is 1. The van der Waals surface area contributed by atoms with Crippen LogP contribution in [-0.2, 0) is 13.8 Å². The van der Waals surface area contributed by atoms with Crippen molar-refractivity contribution in [1.29, 1.82) is 0 Å². The van der Waals surface area contributed by atoms with Crippen molar-refractivity contribution in [3.05, 3.63) is 22.7 Å². The second kappa shape index (κ2) is 5.65. The van der Waals surface area contributed by atoms with Crippen molar-refractivity contribution in [3.63, 3.8) is 0 Å². The van der Waals surface area contributed by atoms with Crippen LogP contribution >= 0.6 is 7.82 Å². The van der Waals surface area contributed by atoms with E-state index in [4.69, 9.17) is 20.3 Å². The fourth-order valence-corrected chi connectivity index (χ4v) is 2.22. The molecule has 0 aromatic carbocycles. The summed E-state index contributed by atoms with van der Waals surface area (Å²) in [7, 11) is -4.93. The van der Waals surface area contributed by atoms with Crippen LogP contribution in [0.25, 0.3) is 0 Å². The number of phosphoric acid groups is 1. The van der Waals surface area contributed by atoms with Gasteiger partial charge in [-0.1, -0.05) is 0 Å². The molecule has 0 amide bonds. The fraction of sp³-hybridized carbons (Fsp3) is 0.556. The lowest BCUT2D eigenvalue weighted by atomic mass is 10.1. The molecule has 1 aromatic rings.